The number of aromatic hydroxyl groups is 1. The molecule has 1 aliphatic carbocycles. The van der Waals surface area contributed by atoms with E-state index in [0.717, 1.165) is 18.4 Å². The second-order valence-electron chi connectivity index (χ2n) is 4.85. The standard InChI is InChI=1S/C14H13N5O/c15-6-10-12(18-14(17)19-13(10)16)9-5-8(7-1-2-7)3-4-11(9)20/h3-5,7,20H,1-2H2,(H4,16,17,18,19). The van der Waals surface area contributed by atoms with Crippen LogP contribution in [-0.4, -0.2) is 15.1 Å². The number of phenols is 1. The third-order valence-corrected chi connectivity index (χ3v) is 3.39. The minimum Gasteiger partial charge on any atom is -0.507 e. The average Bonchev–Trinajstić information content (AvgIpc) is 3.23. The first-order chi connectivity index (χ1) is 9.60. The Morgan fingerprint density at radius 3 is 2.65 bits per heavy atom. The van der Waals surface area contributed by atoms with Gasteiger partial charge in [0.15, 0.2) is 0 Å². The number of nitriles is 1. The third kappa shape index (κ3) is 1.99. The van der Waals surface area contributed by atoms with Crippen molar-refractivity contribution in [2.45, 2.75) is 18.8 Å². The lowest BCUT2D eigenvalue weighted by Crippen LogP contribution is -2.05. The Hall–Kier alpha value is -2.81. The van der Waals surface area contributed by atoms with Gasteiger partial charge in [-0.2, -0.15) is 10.2 Å². The molecule has 0 atom stereocenters. The van der Waals surface area contributed by atoms with E-state index in [1.165, 1.54) is 0 Å². The number of nitrogens with zero attached hydrogens (tertiary/aromatic N) is 3. The van der Waals surface area contributed by atoms with Gasteiger partial charge in [0.2, 0.25) is 5.95 Å². The molecule has 1 aliphatic rings. The van der Waals surface area contributed by atoms with Crippen molar-refractivity contribution in [1.29, 1.82) is 5.26 Å². The summed E-state index contributed by atoms with van der Waals surface area (Å²) in [5.74, 6) is 0.568. The number of benzene rings is 1. The van der Waals surface area contributed by atoms with Crippen molar-refractivity contribution in [1.82, 2.24) is 9.97 Å². The first-order valence-electron chi connectivity index (χ1n) is 6.26. The van der Waals surface area contributed by atoms with Gasteiger partial charge >= 0.3 is 0 Å². The molecule has 5 N–H and O–H groups in total. The van der Waals surface area contributed by atoms with Gasteiger partial charge in [0.25, 0.3) is 0 Å². The zero-order chi connectivity index (χ0) is 14.3. The molecule has 0 unspecified atom stereocenters. The topological polar surface area (TPSA) is 122 Å². The van der Waals surface area contributed by atoms with Crippen molar-refractivity contribution < 1.29 is 5.11 Å². The third-order valence-electron chi connectivity index (χ3n) is 3.39. The molecular formula is C14H13N5O. The summed E-state index contributed by atoms with van der Waals surface area (Å²) in [6.07, 6.45) is 2.28. The molecule has 1 aromatic carbocycles. The van der Waals surface area contributed by atoms with E-state index in [9.17, 15) is 10.4 Å². The molecule has 0 radical (unpaired) electrons. The molecule has 6 nitrogen and oxygen atoms in total. The van der Waals surface area contributed by atoms with Crippen molar-refractivity contribution in [2.24, 2.45) is 0 Å². The molecule has 1 saturated carbocycles. The zero-order valence-corrected chi connectivity index (χ0v) is 10.7. The molecule has 3 rings (SSSR count). The summed E-state index contributed by atoms with van der Waals surface area (Å²) >= 11 is 0. The second kappa shape index (κ2) is 4.38. The number of nitrogens with two attached hydrogens (primary N) is 2. The molecule has 1 fully saturated rings. The van der Waals surface area contributed by atoms with Gasteiger partial charge in [-0.3, -0.25) is 0 Å². The van der Waals surface area contributed by atoms with Gasteiger partial charge in [0.05, 0.1) is 5.69 Å². The van der Waals surface area contributed by atoms with Crippen LogP contribution in [0.2, 0.25) is 0 Å². The highest BCUT2D eigenvalue weighted by molar-refractivity contribution is 5.77. The van der Waals surface area contributed by atoms with E-state index in [0.29, 0.717) is 11.5 Å². The predicted molar refractivity (Wildman–Crippen MR) is 74.6 cm³/mol. The highest BCUT2D eigenvalue weighted by Crippen LogP contribution is 2.43. The van der Waals surface area contributed by atoms with Crippen LogP contribution in [0.3, 0.4) is 0 Å². The minimum atomic E-state index is -0.0206. The van der Waals surface area contributed by atoms with Gasteiger partial charge in [-0.1, -0.05) is 6.07 Å². The van der Waals surface area contributed by atoms with Crippen molar-refractivity contribution in [2.75, 3.05) is 11.5 Å². The predicted octanol–water partition coefficient (Wildman–Crippen LogP) is 1.76. The minimum absolute atomic E-state index is 0.0197. The summed E-state index contributed by atoms with van der Waals surface area (Å²) in [6, 6.07) is 7.30. The van der Waals surface area contributed by atoms with E-state index in [1.807, 2.05) is 18.2 Å². The lowest BCUT2D eigenvalue weighted by Gasteiger charge is -2.10. The maximum Gasteiger partial charge on any atom is 0.222 e. The molecule has 0 bridgehead atoms. The van der Waals surface area contributed by atoms with E-state index in [1.54, 1.807) is 6.07 Å². The van der Waals surface area contributed by atoms with Crippen LogP contribution in [-0.2, 0) is 0 Å². The van der Waals surface area contributed by atoms with Gasteiger partial charge < -0.3 is 16.6 Å². The molecule has 6 heteroatoms. The number of hydrogen-bond acceptors (Lipinski definition) is 6. The zero-order valence-electron chi connectivity index (χ0n) is 10.7. The van der Waals surface area contributed by atoms with Crippen LogP contribution in [0.15, 0.2) is 18.2 Å². The number of hydrogen-bond donors (Lipinski definition) is 3. The highest BCUT2D eigenvalue weighted by Gasteiger charge is 2.25. The number of phenolic OH excluding ortho intramolecular Hbond substituents is 1. The molecule has 1 heterocycles. The fourth-order valence-electron chi connectivity index (χ4n) is 2.22. The Kier molecular flexibility index (Phi) is 2.68. The summed E-state index contributed by atoms with van der Waals surface area (Å²) < 4.78 is 0. The normalized spacial score (nSPS) is 13.9. The fraction of sp³-hybridized carbons (Fsp3) is 0.214. The molecular weight excluding hydrogens is 254 g/mol. The molecule has 0 amide bonds. The van der Waals surface area contributed by atoms with Crippen LogP contribution in [0.4, 0.5) is 11.8 Å². The van der Waals surface area contributed by atoms with E-state index in [-0.39, 0.29) is 28.8 Å². The van der Waals surface area contributed by atoms with Gasteiger partial charge in [-0.15, -0.1) is 0 Å². The number of nitrogen functional groups attached to an aromatic ring is 2. The molecule has 20 heavy (non-hydrogen) atoms. The maximum absolute atomic E-state index is 10.0. The molecule has 0 saturated heterocycles. The van der Waals surface area contributed by atoms with E-state index < -0.39 is 0 Å². The van der Waals surface area contributed by atoms with Crippen molar-refractivity contribution >= 4 is 11.8 Å². The molecule has 0 aliphatic heterocycles. The first kappa shape index (κ1) is 12.2. The number of aromatic nitrogens is 2. The van der Waals surface area contributed by atoms with Crippen LogP contribution >= 0.6 is 0 Å². The van der Waals surface area contributed by atoms with Crippen molar-refractivity contribution in [3.8, 4) is 23.1 Å². The monoisotopic (exact) mass is 267 g/mol. The summed E-state index contributed by atoms with van der Waals surface area (Å²) in [6.45, 7) is 0. The Morgan fingerprint density at radius 1 is 1.25 bits per heavy atom. The largest absolute Gasteiger partial charge is 0.507 e. The van der Waals surface area contributed by atoms with Crippen LogP contribution in [0, 0.1) is 11.3 Å². The molecule has 2 aromatic rings. The molecule has 100 valence electrons. The van der Waals surface area contributed by atoms with Crippen LogP contribution in [0.5, 0.6) is 5.75 Å². The van der Waals surface area contributed by atoms with Crippen molar-refractivity contribution in [3.05, 3.63) is 29.3 Å². The Balaban J connectivity index is 2.22. The smallest absolute Gasteiger partial charge is 0.222 e. The summed E-state index contributed by atoms with van der Waals surface area (Å²) in [4.78, 5) is 7.83. The molecule has 1 aromatic heterocycles. The lowest BCUT2D eigenvalue weighted by atomic mass is 10.0. The SMILES string of the molecule is N#Cc1c(N)nc(N)nc1-c1cc(C2CC2)ccc1O. The van der Waals surface area contributed by atoms with E-state index in [4.69, 9.17) is 11.5 Å². The van der Waals surface area contributed by atoms with Crippen LogP contribution in [0.1, 0.15) is 29.9 Å². The maximum atomic E-state index is 10.0. The Labute approximate surface area is 115 Å². The second-order valence-corrected chi connectivity index (χ2v) is 4.85. The summed E-state index contributed by atoms with van der Waals surface area (Å²) in [7, 11) is 0. The van der Waals surface area contributed by atoms with Crippen LogP contribution < -0.4 is 11.5 Å². The Bertz CT molecular complexity index is 731. The lowest BCUT2D eigenvalue weighted by molar-refractivity contribution is 0.477. The van der Waals surface area contributed by atoms with E-state index >= 15 is 0 Å². The average molecular weight is 267 g/mol. The van der Waals surface area contributed by atoms with Gasteiger partial charge in [-0.25, -0.2) is 4.98 Å². The summed E-state index contributed by atoms with van der Waals surface area (Å²) in [5, 5.41) is 19.2. The van der Waals surface area contributed by atoms with Gasteiger partial charge in [-0.05, 0) is 36.5 Å². The van der Waals surface area contributed by atoms with E-state index in [2.05, 4.69) is 9.97 Å². The van der Waals surface area contributed by atoms with Crippen LogP contribution in [0.25, 0.3) is 11.3 Å². The summed E-state index contributed by atoms with van der Waals surface area (Å²) in [5.41, 5.74) is 13.3. The number of rotatable bonds is 2. The van der Waals surface area contributed by atoms with Gasteiger partial charge in [0.1, 0.15) is 23.2 Å². The molecule has 0 spiro atoms. The first-order valence-corrected chi connectivity index (χ1v) is 6.26. The van der Waals surface area contributed by atoms with Crippen molar-refractivity contribution in [3.63, 3.8) is 0 Å². The fourth-order valence-corrected chi connectivity index (χ4v) is 2.22. The van der Waals surface area contributed by atoms with Gasteiger partial charge in [0, 0.05) is 5.56 Å². The Morgan fingerprint density at radius 2 is 2.00 bits per heavy atom. The highest BCUT2D eigenvalue weighted by atomic mass is 16.3. The number of anilines is 2. The quantitative estimate of drug-likeness (QED) is 0.762.